The number of hydrogen-bond donors (Lipinski definition) is 1. The summed E-state index contributed by atoms with van der Waals surface area (Å²) in [6.07, 6.45) is 3.90. The maximum Gasteiger partial charge on any atom is 0.341 e. The number of carbonyl (C=O) groups is 1. The van der Waals surface area contributed by atoms with Gasteiger partial charge in [-0.15, -0.1) is 6.58 Å². The van der Waals surface area contributed by atoms with Gasteiger partial charge in [0.1, 0.15) is 11.4 Å². The van der Waals surface area contributed by atoms with Gasteiger partial charge in [-0.1, -0.05) is 18.2 Å². The molecular formula is C20H21NO5. The molecule has 1 N–H and O–H groups in total. The van der Waals surface area contributed by atoms with Gasteiger partial charge in [0.25, 0.3) is 0 Å². The standard InChI is InChI=1S/C20H21NO5/c1-4-7-15-10-14(11-18(25-3)20(15)26-13-19(22)23)12-21-16-8-5-6-9-17(16)24-2/h4-6,8-12H,1,7,13H2,2-3H3,(H,22,23). The Morgan fingerprint density at radius 1 is 1.19 bits per heavy atom. The lowest BCUT2D eigenvalue weighted by molar-refractivity contribution is -0.139. The van der Waals surface area contributed by atoms with Crippen molar-refractivity contribution in [1.82, 2.24) is 0 Å². The topological polar surface area (TPSA) is 77.3 Å². The predicted molar refractivity (Wildman–Crippen MR) is 100 cm³/mol. The molecule has 0 saturated carbocycles. The van der Waals surface area contributed by atoms with Gasteiger partial charge in [-0.2, -0.15) is 0 Å². The van der Waals surface area contributed by atoms with E-state index in [1.165, 1.54) is 7.11 Å². The molecule has 0 aliphatic carbocycles. The van der Waals surface area contributed by atoms with Gasteiger partial charge in [0.05, 0.1) is 14.2 Å². The minimum absolute atomic E-state index is 0.393. The number of aliphatic imine (C=N–C) groups is 1. The van der Waals surface area contributed by atoms with Crippen molar-refractivity contribution in [3.8, 4) is 17.2 Å². The number of carboxylic acids is 1. The van der Waals surface area contributed by atoms with E-state index in [0.29, 0.717) is 29.4 Å². The van der Waals surface area contributed by atoms with Crippen molar-refractivity contribution >= 4 is 17.9 Å². The van der Waals surface area contributed by atoms with Crippen LogP contribution in [0.25, 0.3) is 0 Å². The molecule has 2 aromatic rings. The molecule has 0 saturated heterocycles. The summed E-state index contributed by atoms with van der Waals surface area (Å²) in [7, 11) is 3.09. The minimum atomic E-state index is -1.06. The molecule has 0 unspecified atom stereocenters. The van der Waals surface area contributed by atoms with Crippen LogP contribution in [-0.2, 0) is 11.2 Å². The number of allylic oxidation sites excluding steroid dienone is 1. The monoisotopic (exact) mass is 355 g/mol. The van der Waals surface area contributed by atoms with Gasteiger partial charge >= 0.3 is 5.97 Å². The lowest BCUT2D eigenvalue weighted by Crippen LogP contribution is -2.11. The van der Waals surface area contributed by atoms with Gasteiger partial charge in [-0.25, -0.2) is 4.79 Å². The zero-order valence-electron chi connectivity index (χ0n) is 14.8. The maximum absolute atomic E-state index is 10.8. The average Bonchev–Trinajstić information content (AvgIpc) is 2.65. The summed E-state index contributed by atoms with van der Waals surface area (Å²) in [4.78, 5) is 15.3. The van der Waals surface area contributed by atoms with E-state index in [9.17, 15) is 4.79 Å². The van der Waals surface area contributed by atoms with Gasteiger partial charge in [-0.3, -0.25) is 4.99 Å². The number of methoxy groups -OCH3 is 2. The zero-order valence-corrected chi connectivity index (χ0v) is 14.8. The van der Waals surface area contributed by atoms with Crippen LogP contribution in [0.3, 0.4) is 0 Å². The molecule has 6 heteroatoms. The van der Waals surface area contributed by atoms with E-state index in [2.05, 4.69) is 11.6 Å². The minimum Gasteiger partial charge on any atom is -0.494 e. The summed E-state index contributed by atoms with van der Waals surface area (Å²) >= 11 is 0. The number of hydrogen-bond acceptors (Lipinski definition) is 5. The van der Waals surface area contributed by atoms with Crippen LogP contribution in [0.2, 0.25) is 0 Å². The molecule has 0 fully saturated rings. The smallest absolute Gasteiger partial charge is 0.341 e. The van der Waals surface area contributed by atoms with E-state index in [4.69, 9.17) is 19.3 Å². The third-order valence-corrected chi connectivity index (χ3v) is 3.52. The molecule has 0 atom stereocenters. The van der Waals surface area contributed by atoms with Crippen LogP contribution >= 0.6 is 0 Å². The summed E-state index contributed by atoms with van der Waals surface area (Å²) in [6, 6.07) is 11.0. The van der Waals surface area contributed by atoms with Crippen LogP contribution in [0.5, 0.6) is 17.2 Å². The maximum atomic E-state index is 10.8. The Bertz CT molecular complexity index is 814. The van der Waals surface area contributed by atoms with Crippen molar-refractivity contribution in [2.75, 3.05) is 20.8 Å². The van der Waals surface area contributed by atoms with Crippen molar-refractivity contribution < 1.29 is 24.1 Å². The molecule has 2 rings (SSSR count). The molecule has 0 bridgehead atoms. The van der Waals surface area contributed by atoms with Crippen molar-refractivity contribution in [2.45, 2.75) is 6.42 Å². The quantitative estimate of drug-likeness (QED) is 0.549. The van der Waals surface area contributed by atoms with Gasteiger partial charge in [0, 0.05) is 11.8 Å². The SMILES string of the molecule is C=CCc1cc(C=Nc2ccccc2OC)cc(OC)c1OCC(=O)O. The van der Waals surface area contributed by atoms with Crippen LogP contribution in [0, 0.1) is 0 Å². The fourth-order valence-electron chi connectivity index (χ4n) is 2.40. The van der Waals surface area contributed by atoms with Crippen LogP contribution in [0.4, 0.5) is 5.69 Å². The van der Waals surface area contributed by atoms with Crippen LogP contribution in [0.15, 0.2) is 54.0 Å². The Hall–Kier alpha value is -3.28. The number of benzene rings is 2. The number of para-hydroxylation sites is 2. The highest BCUT2D eigenvalue weighted by atomic mass is 16.5. The Kier molecular flexibility index (Phi) is 6.79. The van der Waals surface area contributed by atoms with Crippen molar-refractivity contribution in [3.05, 3.63) is 60.2 Å². The van der Waals surface area contributed by atoms with E-state index in [-0.39, 0.29) is 0 Å². The lowest BCUT2D eigenvalue weighted by atomic mass is 10.1. The Morgan fingerprint density at radius 3 is 2.58 bits per heavy atom. The normalized spacial score (nSPS) is 10.5. The number of ether oxygens (including phenoxy) is 3. The molecule has 0 aliphatic rings. The largest absolute Gasteiger partial charge is 0.494 e. The second-order valence-electron chi connectivity index (χ2n) is 5.32. The third-order valence-electron chi connectivity index (χ3n) is 3.52. The van der Waals surface area contributed by atoms with E-state index < -0.39 is 12.6 Å². The van der Waals surface area contributed by atoms with Crippen molar-refractivity contribution in [2.24, 2.45) is 4.99 Å². The fourth-order valence-corrected chi connectivity index (χ4v) is 2.40. The fraction of sp³-hybridized carbons (Fsp3) is 0.200. The first-order valence-electron chi connectivity index (χ1n) is 7.92. The molecule has 26 heavy (non-hydrogen) atoms. The first kappa shape index (κ1) is 19.1. The van der Waals surface area contributed by atoms with Crippen LogP contribution < -0.4 is 14.2 Å². The molecule has 136 valence electrons. The second kappa shape index (κ2) is 9.27. The first-order valence-corrected chi connectivity index (χ1v) is 7.92. The van der Waals surface area contributed by atoms with Gasteiger partial charge in [0.2, 0.25) is 0 Å². The number of nitrogens with zero attached hydrogens (tertiary/aromatic N) is 1. The lowest BCUT2D eigenvalue weighted by Gasteiger charge is -2.14. The van der Waals surface area contributed by atoms with Crippen molar-refractivity contribution in [3.63, 3.8) is 0 Å². The van der Waals surface area contributed by atoms with Crippen LogP contribution in [0.1, 0.15) is 11.1 Å². The molecule has 6 nitrogen and oxygen atoms in total. The van der Waals surface area contributed by atoms with Crippen molar-refractivity contribution in [1.29, 1.82) is 0 Å². The first-order chi connectivity index (χ1) is 12.6. The van der Waals surface area contributed by atoms with Gasteiger partial charge in [0.15, 0.2) is 18.1 Å². The Morgan fingerprint density at radius 2 is 1.92 bits per heavy atom. The van der Waals surface area contributed by atoms with E-state index in [0.717, 1.165) is 11.1 Å². The number of aliphatic carboxylic acids is 1. The van der Waals surface area contributed by atoms with Gasteiger partial charge < -0.3 is 19.3 Å². The molecule has 0 aliphatic heterocycles. The van der Waals surface area contributed by atoms with E-state index in [1.807, 2.05) is 30.3 Å². The van der Waals surface area contributed by atoms with Crippen LogP contribution in [-0.4, -0.2) is 38.1 Å². The van der Waals surface area contributed by atoms with E-state index >= 15 is 0 Å². The number of rotatable bonds is 9. The second-order valence-corrected chi connectivity index (χ2v) is 5.32. The summed E-state index contributed by atoms with van der Waals surface area (Å²) < 4.78 is 16.0. The number of carboxylic acid groups (broad SMARTS) is 1. The molecule has 0 amide bonds. The third kappa shape index (κ3) is 4.86. The average molecular weight is 355 g/mol. The highest BCUT2D eigenvalue weighted by Gasteiger charge is 2.13. The zero-order chi connectivity index (χ0) is 18.9. The molecule has 0 radical (unpaired) electrons. The summed E-state index contributed by atoms with van der Waals surface area (Å²) in [5, 5.41) is 8.85. The van der Waals surface area contributed by atoms with E-state index in [1.54, 1.807) is 25.5 Å². The predicted octanol–water partition coefficient (Wildman–Crippen LogP) is 3.65. The summed E-state index contributed by atoms with van der Waals surface area (Å²) in [5.41, 5.74) is 2.25. The van der Waals surface area contributed by atoms with Gasteiger partial charge in [-0.05, 0) is 36.2 Å². The molecule has 0 aromatic heterocycles. The Labute approximate surface area is 152 Å². The summed E-state index contributed by atoms with van der Waals surface area (Å²) in [6.45, 7) is 3.28. The highest BCUT2D eigenvalue weighted by molar-refractivity contribution is 5.84. The highest BCUT2D eigenvalue weighted by Crippen LogP contribution is 2.34. The molecule has 0 spiro atoms. The molecular weight excluding hydrogens is 334 g/mol. The molecule has 0 heterocycles. The Balaban J connectivity index is 2.39. The summed E-state index contributed by atoms with van der Waals surface area (Å²) in [5.74, 6) is 0.443. The molecule has 2 aromatic carbocycles.